The molecule has 17 heavy (non-hydrogen) atoms. The molecule has 0 radical (unpaired) electrons. The Bertz CT molecular complexity index is 388. The summed E-state index contributed by atoms with van der Waals surface area (Å²) in [4.78, 5) is 0. The quantitative estimate of drug-likeness (QED) is 0.667. The Morgan fingerprint density at radius 2 is 2.12 bits per heavy atom. The third-order valence-corrected chi connectivity index (χ3v) is 4.61. The summed E-state index contributed by atoms with van der Waals surface area (Å²) >= 11 is 1.63. The zero-order chi connectivity index (χ0) is 12.6. The molecular weight excluding hydrogens is 256 g/mol. The molecule has 1 rings (SSSR count). The van der Waals surface area contributed by atoms with E-state index in [1.807, 2.05) is 23.9 Å². The minimum absolute atomic E-state index is 0.221. The zero-order valence-electron chi connectivity index (χ0n) is 10.1. The highest BCUT2D eigenvalue weighted by atomic mass is 32.2. The van der Waals surface area contributed by atoms with Crippen LogP contribution in [0.15, 0.2) is 16.8 Å². The SMILES string of the molecule is CNCCCCS(=O)(=O)NCCc1ccsc1. The molecule has 0 aliphatic heterocycles. The first-order chi connectivity index (χ1) is 8.14. The van der Waals surface area contributed by atoms with Crippen LogP contribution in [0.2, 0.25) is 0 Å². The zero-order valence-corrected chi connectivity index (χ0v) is 11.7. The standard InChI is InChI=1S/C11H20N2O2S2/c1-12-6-2-3-9-17(14,15)13-7-4-11-5-8-16-10-11/h5,8,10,12-13H,2-4,6-7,9H2,1H3. The molecule has 98 valence electrons. The summed E-state index contributed by atoms with van der Waals surface area (Å²) in [5.74, 6) is 0.221. The van der Waals surface area contributed by atoms with Crippen LogP contribution in [0.25, 0.3) is 0 Å². The average molecular weight is 276 g/mol. The third kappa shape index (κ3) is 6.78. The molecule has 1 heterocycles. The van der Waals surface area contributed by atoms with Crippen molar-refractivity contribution in [1.29, 1.82) is 0 Å². The average Bonchev–Trinajstić information content (AvgIpc) is 2.77. The summed E-state index contributed by atoms with van der Waals surface area (Å²) in [6.07, 6.45) is 2.36. The predicted molar refractivity (Wildman–Crippen MR) is 73.0 cm³/mol. The molecule has 4 nitrogen and oxygen atoms in total. The summed E-state index contributed by atoms with van der Waals surface area (Å²) in [6, 6.07) is 2.02. The molecule has 0 atom stereocenters. The molecule has 0 aliphatic carbocycles. The van der Waals surface area contributed by atoms with Crippen molar-refractivity contribution in [3.8, 4) is 0 Å². The van der Waals surface area contributed by atoms with Crippen LogP contribution >= 0.6 is 11.3 Å². The molecule has 0 bridgehead atoms. The summed E-state index contributed by atoms with van der Waals surface area (Å²) in [7, 11) is -1.22. The lowest BCUT2D eigenvalue weighted by molar-refractivity contribution is 0.576. The van der Waals surface area contributed by atoms with Crippen molar-refractivity contribution in [2.45, 2.75) is 19.3 Å². The van der Waals surface area contributed by atoms with Gasteiger partial charge in [-0.2, -0.15) is 11.3 Å². The number of thiophene rings is 1. The van der Waals surface area contributed by atoms with Crippen LogP contribution in [-0.4, -0.2) is 34.3 Å². The van der Waals surface area contributed by atoms with Crippen LogP contribution in [0.4, 0.5) is 0 Å². The lowest BCUT2D eigenvalue weighted by Gasteiger charge is -2.05. The maximum atomic E-state index is 11.6. The van der Waals surface area contributed by atoms with Gasteiger partial charge in [-0.25, -0.2) is 13.1 Å². The molecule has 1 aromatic heterocycles. The predicted octanol–water partition coefficient (Wildman–Crippen LogP) is 1.21. The monoisotopic (exact) mass is 276 g/mol. The van der Waals surface area contributed by atoms with Crippen LogP contribution in [0.1, 0.15) is 18.4 Å². The van der Waals surface area contributed by atoms with E-state index in [1.165, 1.54) is 5.56 Å². The molecule has 1 aromatic rings. The fourth-order valence-corrected chi connectivity index (χ4v) is 3.30. The van der Waals surface area contributed by atoms with Gasteiger partial charge in [0.25, 0.3) is 0 Å². The fourth-order valence-electron chi connectivity index (χ4n) is 1.45. The highest BCUT2D eigenvalue weighted by Crippen LogP contribution is 2.06. The van der Waals surface area contributed by atoms with Gasteiger partial charge >= 0.3 is 0 Å². The molecule has 0 saturated heterocycles. The molecule has 0 spiro atoms. The van der Waals surface area contributed by atoms with E-state index in [4.69, 9.17) is 0 Å². The van der Waals surface area contributed by atoms with Crippen molar-refractivity contribution >= 4 is 21.4 Å². The first kappa shape index (κ1) is 14.6. The van der Waals surface area contributed by atoms with E-state index in [0.29, 0.717) is 13.0 Å². The Morgan fingerprint density at radius 1 is 1.29 bits per heavy atom. The first-order valence-electron chi connectivity index (χ1n) is 5.77. The molecular formula is C11H20N2O2S2. The fraction of sp³-hybridized carbons (Fsp3) is 0.636. The molecule has 0 unspecified atom stereocenters. The summed E-state index contributed by atoms with van der Waals surface area (Å²) in [5, 5.41) is 7.05. The van der Waals surface area contributed by atoms with E-state index >= 15 is 0 Å². The number of nitrogens with one attached hydrogen (secondary N) is 2. The lowest BCUT2D eigenvalue weighted by Crippen LogP contribution is -2.28. The molecule has 0 saturated carbocycles. The minimum Gasteiger partial charge on any atom is -0.320 e. The van der Waals surface area contributed by atoms with Gasteiger partial charge in [0.15, 0.2) is 0 Å². The van der Waals surface area contributed by atoms with Gasteiger partial charge in [0.1, 0.15) is 0 Å². The normalized spacial score (nSPS) is 11.8. The number of hydrogen-bond donors (Lipinski definition) is 2. The van der Waals surface area contributed by atoms with Crippen molar-refractivity contribution in [2.75, 3.05) is 25.9 Å². The van der Waals surface area contributed by atoms with Gasteiger partial charge < -0.3 is 5.32 Å². The van der Waals surface area contributed by atoms with Crippen LogP contribution in [-0.2, 0) is 16.4 Å². The second-order valence-electron chi connectivity index (χ2n) is 3.91. The molecule has 0 fully saturated rings. The molecule has 2 N–H and O–H groups in total. The summed E-state index contributed by atoms with van der Waals surface area (Å²) in [5.41, 5.74) is 1.19. The van der Waals surface area contributed by atoms with Gasteiger partial charge in [0.05, 0.1) is 5.75 Å². The van der Waals surface area contributed by atoms with Gasteiger partial charge in [-0.15, -0.1) is 0 Å². The first-order valence-corrected chi connectivity index (χ1v) is 8.36. The van der Waals surface area contributed by atoms with E-state index in [9.17, 15) is 8.42 Å². The van der Waals surface area contributed by atoms with Gasteiger partial charge in [-0.1, -0.05) is 0 Å². The van der Waals surface area contributed by atoms with E-state index in [-0.39, 0.29) is 5.75 Å². The number of sulfonamides is 1. The van der Waals surface area contributed by atoms with Crippen molar-refractivity contribution in [3.05, 3.63) is 22.4 Å². The maximum absolute atomic E-state index is 11.6. The van der Waals surface area contributed by atoms with Crippen LogP contribution in [0.5, 0.6) is 0 Å². The van der Waals surface area contributed by atoms with Crippen molar-refractivity contribution in [3.63, 3.8) is 0 Å². The van der Waals surface area contributed by atoms with E-state index in [2.05, 4.69) is 10.0 Å². The molecule has 0 amide bonds. The number of unbranched alkanes of at least 4 members (excludes halogenated alkanes) is 1. The van der Waals surface area contributed by atoms with Crippen molar-refractivity contribution in [1.82, 2.24) is 10.0 Å². The second-order valence-corrected chi connectivity index (χ2v) is 6.61. The highest BCUT2D eigenvalue weighted by Gasteiger charge is 2.08. The van der Waals surface area contributed by atoms with Crippen LogP contribution in [0, 0.1) is 0 Å². The topological polar surface area (TPSA) is 58.2 Å². The Morgan fingerprint density at radius 3 is 2.76 bits per heavy atom. The molecule has 0 aromatic carbocycles. The minimum atomic E-state index is -3.09. The Hall–Kier alpha value is -0.430. The van der Waals surface area contributed by atoms with Gasteiger partial charge in [-0.05, 0) is 55.2 Å². The van der Waals surface area contributed by atoms with Gasteiger partial charge in [0.2, 0.25) is 10.0 Å². The van der Waals surface area contributed by atoms with Gasteiger partial charge in [0, 0.05) is 6.54 Å². The van der Waals surface area contributed by atoms with Gasteiger partial charge in [-0.3, -0.25) is 0 Å². The van der Waals surface area contributed by atoms with E-state index in [0.717, 1.165) is 19.4 Å². The van der Waals surface area contributed by atoms with Crippen molar-refractivity contribution in [2.24, 2.45) is 0 Å². The smallest absolute Gasteiger partial charge is 0.211 e. The van der Waals surface area contributed by atoms with Crippen molar-refractivity contribution < 1.29 is 8.42 Å². The highest BCUT2D eigenvalue weighted by molar-refractivity contribution is 7.89. The van der Waals surface area contributed by atoms with E-state index < -0.39 is 10.0 Å². The lowest BCUT2D eigenvalue weighted by atomic mass is 10.2. The van der Waals surface area contributed by atoms with Crippen LogP contribution < -0.4 is 10.0 Å². The molecule has 6 heteroatoms. The second kappa shape index (κ2) is 7.81. The Balaban J connectivity index is 2.16. The molecule has 0 aliphatic rings. The number of rotatable bonds is 9. The summed E-state index contributed by atoms with van der Waals surface area (Å²) in [6.45, 7) is 1.36. The van der Waals surface area contributed by atoms with E-state index in [1.54, 1.807) is 11.3 Å². The maximum Gasteiger partial charge on any atom is 0.211 e. The Kier molecular flexibility index (Phi) is 6.72. The number of hydrogen-bond acceptors (Lipinski definition) is 4. The summed E-state index contributed by atoms with van der Waals surface area (Å²) < 4.78 is 25.8. The van der Waals surface area contributed by atoms with Crippen LogP contribution in [0.3, 0.4) is 0 Å². The third-order valence-electron chi connectivity index (χ3n) is 2.41. The Labute approximate surface area is 107 Å². The largest absolute Gasteiger partial charge is 0.320 e.